The number of rotatable bonds is 8. The van der Waals surface area contributed by atoms with Crippen molar-refractivity contribution in [2.45, 2.75) is 31.7 Å². The number of nitrogens with zero attached hydrogens (tertiary/aromatic N) is 2. The van der Waals surface area contributed by atoms with E-state index in [1.807, 2.05) is 0 Å². The van der Waals surface area contributed by atoms with E-state index in [9.17, 15) is 19.5 Å². The standard InChI is InChI=1S/C25H23N3O6/c1-33-21-13-19-17(12-18(21)22(26)29)20(8-11-27-19)34-16-6-4-15(5-7-16)28(14-2-3-14)23(30)25(9-10-25)24(31)32/h4-8,11-14H,2-3,9-10H2,1H3,(H2,26,29)(H,31,32). The lowest BCUT2D eigenvalue weighted by molar-refractivity contribution is -0.148. The zero-order chi connectivity index (χ0) is 24.0. The maximum atomic E-state index is 13.1. The first kappa shape index (κ1) is 21.7. The predicted octanol–water partition coefficient (Wildman–Crippen LogP) is 3.49. The molecule has 2 aliphatic carbocycles. The number of primary amides is 1. The summed E-state index contributed by atoms with van der Waals surface area (Å²) in [5, 5.41) is 10.1. The number of aromatic nitrogens is 1. The van der Waals surface area contributed by atoms with Crippen LogP contribution in [0.1, 0.15) is 36.0 Å². The molecule has 0 radical (unpaired) electrons. The summed E-state index contributed by atoms with van der Waals surface area (Å²) >= 11 is 0. The smallest absolute Gasteiger partial charge is 0.319 e. The van der Waals surface area contributed by atoms with Gasteiger partial charge in [-0.2, -0.15) is 0 Å². The first-order valence-electron chi connectivity index (χ1n) is 11.0. The van der Waals surface area contributed by atoms with Crippen molar-refractivity contribution in [1.29, 1.82) is 0 Å². The van der Waals surface area contributed by atoms with Crippen molar-refractivity contribution in [3.05, 3.63) is 54.2 Å². The minimum Gasteiger partial charge on any atom is -0.496 e. The molecule has 2 aliphatic rings. The monoisotopic (exact) mass is 461 g/mol. The lowest BCUT2D eigenvalue weighted by atomic mass is 10.0. The zero-order valence-electron chi connectivity index (χ0n) is 18.5. The van der Waals surface area contributed by atoms with E-state index in [-0.39, 0.29) is 17.5 Å². The van der Waals surface area contributed by atoms with Crippen LogP contribution in [0.2, 0.25) is 0 Å². The summed E-state index contributed by atoms with van der Waals surface area (Å²) in [6.45, 7) is 0. The van der Waals surface area contributed by atoms with Gasteiger partial charge in [0.1, 0.15) is 22.7 Å². The summed E-state index contributed by atoms with van der Waals surface area (Å²) in [6.07, 6.45) is 4.05. The molecule has 2 fully saturated rings. The molecule has 2 saturated carbocycles. The van der Waals surface area contributed by atoms with E-state index in [1.54, 1.807) is 53.6 Å². The SMILES string of the molecule is COc1cc2nccc(Oc3ccc(N(C(=O)C4(C(=O)O)CC4)C4CC4)cc3)c2cc1C(N)=O. The lowest BCUT2D eigenvalue weighted by Gasteiger charge is -2.26. The molecule has 0 bridgehead atoms. The maximum absolute atomic E-state index is 13.1. The third-order valence-electron chi connectivity index (χ3n) is 6.33. The summed E-state index contributed by atoms with van der Waals surface area (Å²) in [7, 11) is 1.45. The van der Waals surface area contributed by atoms with E-state index in [4.69, 9.17) is 15.2 Å². The van der Waals surface area contributed by atoms with Crippen LogP contribution >= 0.6 is 0 Å². The maximum Gasteiger partial charge on any atom is 0.319 e. The summed E-state index contributed by atoms with van der Waals surface area (Å²) in [6, 6.07) is 11.9. The van der Waals surface area contributed by atoms with Crippen LogP contribution in [0.15, 0.2) is 48.7 Å². The molecule has 3 aromatic rings. The van der Waals surface area contributed by atoms with Gasteiger partial charge in [0.2, 0.25) is 5.91 Å². The average Bonchev–Trinajstić information content (AvgIpc) is 3.74. The van der Waals surface area contributed by atoms with Gasteiger partial charge in [0.05, 0.1) is 18.2 Å². The Bertz CT molecular complexity index is 1310. The Morgan fingerprint density at radius 1 is 1.09 bits per heavy atom. The van der Waals surface area contributed by atoms with Gasteiger partial charge in [-0.3, -0.25) is 19.4 Å². The quantitative estimate of drug-likeness (QED) is 0.491. The third kappa shape index (κ3) is 3.68. The van der Waals surface area contributed by atoms with Gasteiger partial charge in [-0.25, -0.2) is 0 Å². The van der Waals surface area contributed by atoms with E-state index >= 15 is 0 Å². The zero-order valence-corrected chi connectivity index (χ0v) is 18.5. The number of hydrogen-bond acceptors (Lipinski definition) is 6. The van der Waals surface area contributed by atoms with E-state index in [1.165, 1.54) is 7.11 Å². The first-order valence-corrected chi connectivity index (χ1v) is 11.0. The van der Waals surface area contributed by atoms with Crippen molar-refractivity contribution in [2.75, 3.05) is 12.0 Å². The molecule has 1 aromatic heterocycles. The van der Waals surface area contributed by atoms with Gasteiger partial charge in [0.25, 0.3) is 5.91 Å². The Morgan fingerprint density at radius 2 is 1.79 bits per heavy atom. The van der Waals surface area contributed by atoms with Crippen molar-refractivity contribution in [3.63, 3.8) is 0 Å². The highest BCUT2D eigenvalue weighted by Crippen LogP contribution is 2.50. The number of aliphatic carboxylic acids is 1. The normalized spacial score (nSPS) is 16.0. The van der Waals surface area contributed by atoms with E-state index in [0.29, 0.717) is 46.7 Å². The largest absolute Gasteiger partial charge is 0.496 e. The Morgan fingerprint density at radius 3 is 2.35 bits per heavy atom. The van der Waals surface area contributed by atoms with Gasteiger partial charge in [-0.15, -0.1) is 0 Å². The number of anilines is 1. The van der Waals surface area contributed by atoms with Gasteiger partial charge >= 0.3 is 5.97 Å². The van der Waals surface area contributed by atoms with E-state index in [2.05, 4.69) is 4.98 Å². The number of ether oxygens (including phenoxy) is 2. The molecular formula is C25H23N3O6. The molecule has 34 heavy (non-hydrogen) atoms. The van der Waals surface area contributed by atoms with Gasteiger partial charge in [-0.1, -0.05) is 0 Å². The molecule has 9 heteroatoms. The predicted molar refractivity (Wildman–Crippen MR) is 123 cm³/mol. The number of carboxylic acid groups (broad SMARTS) is 1. The minimum atomic E-state index is -1.28. The fourth-order valence-corrected chi connectivity index (χ4v) is 4.10. The number of pyridine rings is 1. The fourth-order valence-electron chi connectivity index (χ4n) is 4.10. The molecule has 2 aromatic carbocycles. The number of nitrogens with two attached hydrogens (primary N) is 1. The van der Waals surface area contributed by atoms with Crippen LogP contribution < -0.4 is 20.1 Å². The average molecular weight is 461 g/mol. The van der Waals surface area contributed by atoms with Crippen LogP contribution in [0.5, 0.6) is 17.2 Å². The fraction of sp³-hybridized carbons (Fsp3) is 0.280. The molecule has 9 nitrogen and oxygen atoms in total. The second kappa shape index (κ2) is 8.02. The Balaban J connectivity index is 1.43. The topological polar surface area (TPSA) is 132 Å². The molecule has 3 N–H and O–H groups in total. The summed E-state index contributed by atoms with van der Waals surface area (Å²) in [5.74, 6) is -0.717. The van der Waals surface area contributed by atoms with Crippen LogP contribution in [0.3, 0.4) is 0 Å². The van der Waals surface area contributed by atoms with Crippen LogP contribution in [-0.2, 0) is 9.59 Å². The molecule has 5 rings (SSSR count). The van der Waals surface area contributed by atoms with E-state index < -0.39 is 17.3 Å². The molecule has 0 spiro atoms. The highest BCUT2D eigenvalue weighted by molar-refractivity contribution is 6.12. The van der Waals surface area contributed by atoms with E-state index in [0.717, 1.165) is 12.8 Å². The van der Waals surface area contributed by atoms with Crippen molar-refractivity contribution in [3.8, 4) is 17.2 Å². The Labute approximate surface area is 195 Å². The number of carboxylic acids is 1. The van der Waals surface area contributed by atoms with Crippen molar-refractivity contribution >= 4 is 34.4 Å². The van der Waals surface area contributed by atoms with Crippen molar-refractivity contribution in [2.24, 2.45) is 11.1 Å². The highest BCUT2D eigenvalue weighted by Gasteiger charge is 2.60. The molecule has 2 amide bonds. The van der Waals surface area contributed by atoms with Crippen molar-refractivity contribution < 1.29 is 29.0 Å². The van der Waals surface area contributed by atoms with Crippen LogP contribution in [0.25, 0.3) is 10.9 Å². The number of hydrogen-bond donors (Lipinski definition) is 2. The Kier molecular flexibility index (Phi) is 5.11. The van der Waals surface area contributed by atoms with Crippen LogP contribution in [0.4, 0.5) is 5.69 Å². The number of benzene rings is 2. The molecular weight excluding hydrogens is 438 g/mol. The number of fused-ring (bicyclic) bond motifs is 1. The van der Waals surface area contributed by atoms with Gasteiger partial charge in [0, 0.05) is 29.4 Å². The molecule has 0 aliphatic heterocycles. The minimum absolute atomic E-state index is 0.0300. The molecule has 0 atom stereocenters. The van der Waals surface area contributed by atoms with Gasteiger partial charge in [-0.05, 0) is 62.1 Å². The molecule has 1 heterocycles. The molecule has 0 saturated heterocycles. The summed E-state index contributed by atoms with van der Waals surface area (Å²) in [4.78, 5) is 42.5. The number of carbonyl (C=O) groups excluding carboxylic acids is 2. The van der Waals surface area contributed by atoms with Gasteiger partial charge < -0.3 is 25.2 Å². The Hall–Kier alpha value is -4.14. The summed E-state index contributed by atoms with van der Waals surface area (Å²) < 4.78 is 11.3. The third-order valence-corrected chi connectivity index (χ3v) is 6.33. The summed E-state index contributed by atoms with van der Waals surface area (Å²) in [5.41, 5.74) is 5.64. The lowest BCUT2D eigenvalue weighted by Crippen LogP contribution is -2.42. The highest BCUT2D eigenvalue weighted by atomic mass is 16.5. The van der Waals surface area contributed by atoms with Crippen LogP contribution in [-0.4, -0.2) is 41.0 Å². The number of carbonyl (C=O) groups is 3. The first-order chi connectivity index (χ1) is 16.3. The number of methoxy groups -OCH3 is 1. The van der Waals surface area contributed by atoms with Crippen LogP contribution in [0, 0.1) is 5.41 Å². The van der Waals surface area contributed by atoms with Gasteiger partial charge in [0.15, 0.2) is 0 Å². The van der Waals surface area contributed by atoms with Crippen molar-refractivity contribution in [1.82, 2.24) is 4.98 Å². The molecule has 0 unspecified atom stereocenters. The second-order valence-electron chi connectivity index (χ2n) is 8.63. The molecule has 174 valence electrons. The number of amides is 2. The second-order valence-corrected chi connectivity index (χ2v) is 8.63.